The van der Waals surface area contributed by atoms with E-state index in [9.17, 15) is 14.7 Å². The third kappa shape index (κ3) is 8.20. The number of anilines is 2. The smallest absolute Gasteiger partial charge is 0.323 e. The molecule has 0 aliphatic carbocycles. The Labute approximate surface area is 264 Å². The van der Waals surface area contributed by atoms with Crippen molar-refractivity contribution < 1.29 is 24.2 Å². The van der Waals surface area contributed by atoms with Crippen LogP contribution in [0.5, 0.6) is 17.2 Å². The van der Waals surface area contributed by atoms with Crippen molar-refractivity contribution in [2.75, 3.05) is 37.4 Å². The van der Waals surface area contributed by atoms with Gasteiger partial charge >= 0.3 is 6.03 Å². The second-order valence-electron chi connectivity index (χ2n) is 11.5. The van der Waals surface area contributed by atoms with Crippen LogP contribution in [0, 0.1) is 5.92 Å². The molecule has 3 N–H and O–H groups in total. The predicted molar refractivity (Wildman–Crippen MR) is 176 cm³/mol. The number of hydrogen-bond donors (Lipinski definition) is 3. The minimum Gasteiger partial charge on any atom is -0.486 e. The highest BCUT2D eigenvalue weighted by Gasteiger charge is 2.34. The Morgan fingerprint density at radius 1 is 0.956 bits per heavy atom. The number of urea groups is 1. The lowest BCUT2D eigenvalue weighted by molar-refractivity contribution is 0.0343. The Balaban J connectivity index is 1.34. The maximum absolute atomic E-state index is 13.8. The van der Waals surface area contributed by atoms with Gasteiger partial charge in [0.15, 0.2) is 5.75 Å². The molecule has 0 fully saturated rings. The second-order valence-corrected chi connectivity index (χ2v) is 11.5. The summed E-state index contributed by atoms with van der Waals surface area (Å²) in [6.07, 6.45) is -0.323. The number of fused-ring (bicyclic) bond motifs is 1. The summed E-state index contributed by atoms with van der Waals surface area (Å²) in [5, 5.41) is 15.7. The van der Waals surface area contributed by atoms with Gasteiger partial charge in [0.25, 0.3) is 5.91 Å². The maximum atomic E-state index is 13.8. The molecule has 5 rings (SSSR count). The normalized spacial score (nSPS) is 17.0. The third-order valence-corrected chi connectivity index (χ3v) is 7.82. The van der Waals surface area contributed by atoms with E-state index in [1.165, 1.54) is 0 Å². The van der Waals surface area contributed by atoms with E-state index < -0.39 is 6.03 Å². The van der Waals surface area contributed by atoms with Gasteiger partial charge in [0.05, 0.1) is 23.9 Å². The largest absolute Gasteiger partial charge is 0.486 e. The van der Waals surface area contributed by atoms with Gasteiger partial charge in [-0.1, -0.05) is 61.5 Å². The molecular formula is C36H40N4O5. The lowest BCUT2D eigenvalue weighted by Gasteiger charge is -2.38. The molecule has 1 aliphatic rings. The first-order valence-electron chi connectivity index (χ1n) is 15.2. The quantitative estimate of drug-likeness (QED) is 0.191. The van der Waals surface area contributed by atoms with Gasteiger partial charge in [-0.15, -0.1) is 0 Å². The number of aliphatic hydroxyl groups is 1. The molecule has 0 saturated carbocycles. The molecule has 0 unspecified atom stereocenters. The molecule has 0 radical (unpaired) electrons. The number of benzene rings is 4. The molecule has 234 valence electrons. The van der Waals surface area contributed by atoms with E-state index in [4.69, 9.17) is 9.47 Å². The number of amides is 3. The second kappa shape index (κ2) is 14.7. The van der Waals surface area contributed by atoms with Crippen LogP contribution in [0.1, 0.15) is 29.8 Å². The Morgan fingerprint density at radius 3 is 2.31 bits per heavy atom. The summed E-state index contributed by atoms with van der Waals surface area (Å²) in [5.74, 6) is 1.53. The first kappa shape index (κ1) is 31.6. The van der Waals surface area contributed by atoms with Gasteiger partial charge in [-0.25, -0.2) is 4.79 Å². The summed E-state index contributed by atoms with van der Waals surface area (Å²) in [7, 11) is 2.03. The lowest BCUT2D eigenvalue weighted by Crippen LogP contribution is -2.49. The van der Waals surface area contributed by atoms with Gasteiger partial charge in [-0.05, 0) is 68.1 Å². The summed E-state index contributed by atoms with van der Waals surface area (Å²) < 4.78 is 12.6. The summed E-state index contributed by atoms with van der Waals surface area (Å²) in [6, 6.07) is 31.1. The van der Waals surface area contributed by atoms with E-state index >= 15 is 0 Å². The first-order chi connectivity index (χ1) is 21.8. The molecule has 0 spiro atoms. The van der Waals surface area contributed by atoms with Crippen LogP contribution >= 0.6 is 0 Å². The Bertz CT molecular complexity index is 1570. The van der Waals surface area contributed by atoms with Crippen LogP contribution in [0.3, 0.4) is 0 Å². The Morgan fingerprint density at radius 2 is 1.62 bits per heavy atom. The molecule has 4 aromatic rings. The van der Waals surface area contributed by atoms with Crippen LogP contribution in [-0.2, 0) is 6.54 Å². The van der Waals surface area contributed by atoms with E-state index in [1.54, 1.807) is 35.2 Å². The molecule has 0 saturated heterocycles. The third-order valence-electron chi connectivity index (χ3n) is 7.82. The van der Waals surface area contributed by atoms with Crippen molar-refractivity contribution in [2.45, 2.75) is 32.5 Å². The minimum absolute atomic E-state index is 0.0774. The van der Waals surface area contributed by atoms with E-state index in [1.807, 2.05) is 93.7 Å². The van der Waals surface area contributed by atoms with E-state index in [2.05, 4.69) is 15.5 Å². The zero-order valence-corrected chi connectivity index (χ0v) is 25.9. The van der Waals surface area contributed by atoms with Crippen LogP contribution in [0.2, 0.25) is 0 Å². The fourth-order valence-electron chi connectivity index (χ4n) is 5.34. The van der Waals surface area contributed by atoms with Crippen molar-refractivity contribution in [3.63, 3.8) is 0 Å². The van der Waals surface area contributed by atoms with E-state index in [-0.39, 0.29) is 30.6 Å². The van der Waals surface area contributed by atoms with Crippen LogP contribution in [0.15, 0.2) is 103 Å². The van der Waals surface area contributed by atoms with E-state index in [0.29, 0.717) is 42.3 Å². The summed E-state index contributed by atoms with van der Waals surface area (Å²) in [4.78, 5) is 30.6. The molecule has 45 heavy (non-hydrogen) atoms. The lowest BCUT2D eigenvalue weighted by atomic mass is 9.99. The maximum Gasteiger partial charge on any atom is 0.323 e. The van der Waals surface area contributed by atoms with Crippen LogP contribution in [0.25, 0.3) is 0 Å². The number of aliphatic hydroxyl groups excluding tert-OH is 1. The average molecular weight is 609 g/mol. The highest BCUT2D eigenvalue weighted by Crippen LogP contribution is 2.35. The SMILES string of the molecule is C[C@H](CO)N1C[C@H](C)[C@H](CN(C)Cc2ccc(Oc3ccccc3)cc2)Oc2c(NC(=O)Nc3ccccc3)cccc2C1=O. The predicted octanol–water partition coefficient (Wildman–Crippen LogP) is 6.48. The van der Waals surface area contributed by atoms with Crippen molar-refractivity contribution in [1.82, 2.24) is 9.80 Å². The fourth-order valence-corrected chi connectivity index (χ4v) is 5.34. The number of hydrogen-bond acceptors (Lipinski definition) is 6. The highest BCUT2D eigenvalue weighted by molar-refractivity contribution is 6.04. The van der Waals surface area contributed by atoms with Gasteiger partial charge < -0.3 is 30.1 Å². The monoisotopic (exact) mass is 608 g/mol. The number of carbonyl (C=O) groups excluding carboxylic acids is 2. The Kier molecular flexibility index (Phi) is 10.3. The minimum atomic E-state index is -0.449. The molecule has 0 aromatic heterocycles. The number of ether oxygens (including phenoxy) is 2. The van der Waals surface area contributed by atoms with E-state index in [0.717, 1.165) is 17.1 Å². The highest BCUT2D eigenvalue weighted by atomic mass is 16.5. The Hall–Kier alpha value is -4.86. The molecule has 9 nitrogen and oxygen atoms in total. The number of carbonyl (C=O) groups is 2. The zero-order valence-electron chi connectivity index (χ0n) is 25.9. The standard InChI is InChI=1S/C36H40N4O5/c1-25-21-40(26(2)24-41)35(42)31-15-10-16-32(38-36(43)37-28-11-6-4-7-12-28)34(31)45-33(25)23-39(3)22-27-17-19-30(20-18-27)44-29-13-8-5-9-14-29/h4-20,25-26,33,41H,21-24H2,1-3H3,(H2,37,38,43)/t25-,26+,33-/m0/s1. The van der Waals surface area contributed by atoms with Crippen LogP contribution in [0.4, 0.5) is 16.2 Å². The van der Waals surface area contributed by atoms with Gasteiger partial charge in [0.2, 0.25) is 0 Å². The summed E-state index contributed by atoms with van der Waals surface area (Å²) in [6.45, 7) is 5.34. The molecule has 9 heteroatoms. The van der Waals surface area contributed by atoms with Gasteiger partial charge in [0, 0.05) is 31.2 Å². The molecule has 1 heterocycles. The number of nitrogens with one attached hydrogen (secondary N) is 2. The fraction of sp³-hybridized carbons (Fsp3) is 0.278. The summed E-state index contributed by atoms with van der Waals surface area (Å²) >= 11 is 0. The average Bonchev–Trinajstić information content (AvgIpc) is 3.04. The summed E-state index contributed by atoms with van der Waals surface area (Å²) in [5.41, 5.74) is 2.48. The van der Waals surface area contributed by atoms with Gasteiger partial charge in [0.1, 0.15) is 17.6 Å². The molecule has 3 atom stereocenters. The van der Waals surface area contributed by atoms with Gasteiger partial charge in [-0.2, -0.15) is 0 Å². The topological polar surface area (TPSA) is 103 Å². The zero-order chi connectivity index (χ0) is 31.8. The number of para-hydroxylation sites is 3. The van der Waals surface area contributed by atoms with Crippen LogP contribution in [-0.4, -0.2) is 65.7 Å². The van der Waals surface area contributed by atoms with Crippen molar-refractivity contribution in [1.29, 1.82) is 0 Å². The van der Waals surface area contributed by atoms with Crippen molar-refractivity contribution >= 4 is 23.3 Å². The molecule has 0 bridgehead atoms. The van der Waals surface area contributed by atoms with Crippen LogP contribution < -0.4 is 20.1 Å². The van der Waals surface area contributed by atoms with Crippen molar-refractivity contribution in [3.05, 3.63) is 114 Å². The number of rotatable bonds is 10. The number of nitrogens with zero attached hydrogens (tertiary/aromatic N) is 2. The molecular weight excluding hydrogens is 568 g/mol. The molecule has 4 aromatic carbocycles. The van der Waals surface area contributed by atoms with Crippen molar-refractivity contribution in [3.8, 4) is 17.2 Å². The molecule has 1 aliphatic heterocycles. The molecule has 3 amide bonds. The van der Waals surface area contributed by atoms with Crippen molar-refractivity contribution in [2.24, 2.45) is 5.92 Å². The number of likely N-dealkylation sites (N-methyl/N-ethyl adjacent to an activating group) is 1. The first-order valence-corrected chi connectivity index (χ1v) is 15.2. The van der Waals surface area contributed by atoms with Gasteiger partial charge in [-0.3, -0.25) is 9.69 Å².